The van der Waals surface area contributed by atoms with Crippen molar-refractivity contribution < 1.29 is 19.1 Å². The number of rotatable bonds is 15. The quantitative estimate of drug-likeness (QED) is 0.180. The molecule has 4 nitrogen and oxygen atoms in total. The second-order valence-electron chi connectivity index (χ2n) is 6.20. The average molecular weight is 338 g/mol. The molecule has 24 heavy (non-hydrogen) atoms. The molecular weight excluding hydrogens is 304 g/mol. The Bertz CT molecular complexity index is 385. The summed E-state index contributed by atoms with van der Waals surface area (Å²) in [5, 5.41) is 0. The van der Waals surface area contributed by atoms with Gasteiger partial charge >= 0.3 is 11.9 Å². The lowest BCUT2D eigenvalue weighted by Crippen LogP contribution is -2.06. The monoisotopic (exact) mass is 338 g/mol. The van der Waals surface area contributed by atoms with Gasteiger partial charge in [0.2, 0.25) is 0 Å². The van der Waals surface area contributed by atoms with Crippen LogP contribution in [0.4, 0.5) is 0 Å². The van der Waals surface area contributed by atoms with Crippen LogP contribution in [0, 0.1) is 0 Å². The van der Waals surface area contributed by atoms with Gasteiger partial charge in [0, 0.05) is 18.6 Å². The first kappa shape index (κ1) is 22.4. The van der Waals surface area contributed by atoms with E-state index in [2.05, 4.69) is 13.5 Å². The molecule has 0 atom stereocenters. The van der Waals surface area contributed by atoms with E-state index < -0.39 is 11.9 Å². The van der Waals surface area contributed by atoms with E-state index in [1.807, 2.05) is 6.92 Å². The minimum atomic E-state index is -0.531. The lowest BCUT2D eigenvalue weighted by molar-refractivity contribution is -0.140. The van der Waals surface area contributed by atoms with Gasteiger partial charge in [-0.05, 0) is 13.3 Å². The van der Waals surface area contributed by atoms with Gasteiger partial charge in [-0.3, -0.25) is 0 Å². The molecule has 0 saturated heterocycles. The van der Waals surface area contributed by atoms with E-state index in [0.29, 0.717) is 13.0 Å². The normalized spacial score (nSPS) is 10.8. The minimum Gasteiger partial charge on any atom is -0.463 e. The molecule has 0 aliphatic carbocycles. The number of carbonyl (C=O) groups is 2. The maximum atomic E-state index is 11.4. The molecule has 0 aromatic rings. The fraction of sp³-hybridized carbons (Fsp3) is 0.700. The number of hydrogen-bond acceptors (Lipinski definition) is 4. The minimum absolute atomic E-state index is 0.284. The van der Waals surface area contributed by atoms with E-state index in [9.17, 15) is 9.59 Å². The molecule has 0 amide bonds. The Balaban J connectivity index is 3.47. The van der Waals surface area contributed by atoms with Crippen molar-refractivity contribution in [2.75, 3.05) is 13.2 Å². The maximum absolute atomic E-state index is 11.4. The second-order valence-corrected chi connectivity index (χ2v) is 6.20. The van der Waals surface area contributed by atoms with Crippen molar-refractivity contribution in [2.24, 2.45) is 0 Å². The summed E-state index contributed by atoms with van der Waals surface area (Å²) >= 11 is 0. The van der Waals surface area contributed by atoms with Crippen molar-refractivity contribution >= 4 is 11.9 Å². The fourth-order valence-corrected chi connectivity index (χ4v) is 2.14. The molecule has 0 fully saturated rings. The molecule has 0 aliphatic heterocycles. The first-order valence-corrected chi connectivity index (χ1v) is 9.22. The number of carbonyl (C=O) groups excluding carboxylic acids is 2. The first-order valence-electron chi connectivity index (χ1n) is 9.22. The highest BCUT2D eigenvalue weighted by molar-refractivity contribution is 5.91. The van der Waals surface area contributed by atoms with Crippen molar-refractivity contribution in [1.29, 1.82) is 0 Å². The van der Waals surface area contributed by atoms with Gasteiger partial charge in [0.15, 0.2) is 0 Å². The van der Waals surface area contributed by atoms with Crippen molar-refractivity contribution in [2.45, 2.75) is 78.1 Å². The highest BCUT2D eigenvalue weighted by Gasteiger charge is 2.01. The Kier molecular flexibility index (Phi) is 15.2. The zero-order valence-electron chi connectivity index (χ0n) is 15.5. The summed E-state index contributed by atoms with van der Waals surface area (Å²) in [5.74, 6) is -1.03. The molecule has 0 rings (SSSR count). The van der Waals surface area contributed by atoms with E-state index in [4.69, 9.17) is 9.47 Å². The summed E-state index contributed by atoms with van der Waals surface area (Å²) in [6.45, 7) is 8.50. The van der Waals surface area contributed by atoms with Crippen LogP contribution in [0.15, 0.2) is 24.3 Å². The molecular formula is C20H34O4. The Labute approximate surface area is 147 Å². The SMILES string of the molecule is C=C(C)CCOC(=O)/C=C/C(=O)OCCCCCCCCCCC. The third-order valence-corrected chi connectivity index (χ3v) is 3.62. The van der Waals surface area contributed by atoms with Gasteiger partial charge < -0.3 is 9.47 Å². The zero-order valence-corrected chi connectivity index (χ0v) is 15.5. The van der Waals surface area contributed by atoms with Gasteiger partial charge in [-0.15, -0.1) is 6.58 Å². The summed E-state index contributed by atoms with van der Waals surface area (Å²) < 4.78 is 9.96. The van der Waals surface area contributed by atoms with Crippen LogP contribution in [-0.4, -0.2) is 25.2 Å². The van der Waals surface area contributed by atoms with Crippen molar-refractivity contribution in [3.63, 3.8) is 0 Å². The lowest BCUT2D eigenvalue weighted by atomic mass is 10.1. The van der Waals surface area contributed by atoms with Crippen LogP contribution >= 0.6 is 0 Å². The molecule has 0 saturated carbocycles. The predicted octanol–water partition coefficient (Wildman–Crippen LogP) is 5.13. The van der Waals surface area contributed by atoms with E-state index in [1.165, 1.54) is 44.9 Å². The Morgan fingerprint density at radius 2 is 1.25 bits per heavy atom. The van der Waals surface area contributed by atoms with Crippen molar-refractivity contribution in [1.82, 2.24) is 0 Å². The Morgan fingerprint density at radius 3 is 1.75 bits per heavy atom. The van der Waals surface area contributed by atoms with Crippen LogP contribution in [0.3, 0.4) is 0 Å². The molecule has 4 heteroatoms. The van der Waals surface area contributed by atoms with Gasteiger partial charge in [-0.25, -0.2) is 9.59 Å². The van der Waals surface area contributed by atoms with E-state index in [1.54, 1.807) is 0 Å². The summed E-state index contributed by atoms with van der Waals surface area (Å²) in [4.78, 5) is 22.8. The fourth-order valence-electron chi connectivity index (χ4n) is 2.14. The molecule has 0 aromatic heterocycles. The first-order chi connectivity index (χ1) is 11.6. The number of hydrogen-bond donors (Lipinski definition) is 0. The largest absolute Gasteiger partial charge is 0.463 e. The standard InChI is InChI=1S/C20H34O4/c1-4-5-6-7-8-9-10-11-12-16-23-19(21)13-14-20(22)24-17-15-18(2)3/h13-14H,2,4-12,15-17H2,1,3H3/b14-13+. The smallest absolute Gasteiger partial charge is 0.331 e. The summed E-state index contributed by atoms with van der Waals surface area (Å²) in [5.41, 5.74) is 0.951. The van der Waals surface area contributed by atoms with Gasteiger partial charge in [-0.1, -0.05) is 63.9 Å². The van der Waals surface area contributed by atoms with Crippen LogP contribution in [0.5, 0.6) is 0 Å². The lowest BCUT2D eigenvalue weighted by Gasteiger charge is -2.03. The van der Waals surface area contributed by atoms with Crippen LogP contribution in [0.1, 0.15) is 78.1 Å². The highest BCUT2D eigenvalue weighted by atomic mass is 16.5. The van der Waals surface area contributed by atoms with E-state index >= 15 is 0 Å². The molecule has 0 radical (unpaired) electrons. The molecule has 0 N–H and O–H groups in total. The van der Waals surface area contributed by atoms with Crippen molar-refractivity contribution in [3.05, 3.63) is 24.3 Å². The second kappa shape index (κ2) is 16.3. The zero-order chi connectivity index (χ0) is 18.0. The van der Waals surface area contributed by atoms with Crippen molar-refractivity contribution in [3.8, 4) is 0 Å². The number of esters is 2. The Hall–Kier alpha value is -1.58. The summed E-state index contributed by atoms with van der Waals surface area (Å²) in [7, 11) is 0. The van der Waals surface area contributed by atoms with Gasteiger partial charge in [-0.2, -0.15) is 0 Å². The molecule has 0 aliphatic rings. The molecule has 0 bridgehead atoms. The maximum Gasteiger partial charge on any atom is 0.331 e. The predicted molar refractivity (Wildman–Crippen MR) is 97.7 cm³/mol. The molecule has 0 unspecified atom stereocenters. The molecule has 0 heterocycles. The summed E-state index contributed by atoms with van der Waals surface area (Å²) in [6.07, 6.45) is 13.9. The molecule has 0 spiro atoms. The molecule has 138 valence electrons. The topological polar surface area (TPSA) is 52.6 Å². The van der Waals surface area contributed by atoms with E-state index in [0.717, 1.165) is 30.6 Å². The van der Waals surface area contributed by atoms with Gasteiger partial charge in [0.25, 0.3) is 0 Å². The number of ether oxygens (including phenoxy) is 2. The third kappa shape index (κ3) is 16.8. The van der Waals surface area contributed by atoms with Gasteiger partial charge in [0.05, 0.1) is 13.2 Å². The van der Waals surface area contributed by atoms with Crippen LogP contribution < -0.4 is 0 Å². The van der Waals surface area contributed by atoms with Crippen LogP contribution in [0.25, 0.3) is 0 Å². The summed E-state index contributed by atoms with van der Waals surface area (Å²) in [6, 6.07) is 0. The highest BCUT2D eigenvalue weighted by Crippen LogP contribution is 2.09. The average Bonchev–Trinajstić information content (AvgIpc) is 2.54. The molecule has 0 aromatic carbocycles. The third-order valence-electron chi connectivity index (χ3n) is 3.62. The number of unbranched alkanes of at least 4 members (excludes halogenated alkanes) is 8. The van der Waals surface area contributed by atoms with E-state index in [-0.39, 0.29) is 6.61 Å². The van der Waals surface area contributed by atoms with Crippen LogP contribution in [0.2, 0.25) is 0 Å². The van der Waals surface area contributed by atoms with Crippen LogP contribution in [-0.2, 0) is 19.1 Å². The van der Waals surface area contributed by atoms with Gasteiger partial charge in [0.1, 0.15) is 0 Å². The Morgan fingerprint density at radius 1 is 0.792 bits per heavy atom.